The van der Waals surface area contributed by atoms with Gasteiger partial charge in [-0.2, -0.15) is 0 Å². The zero-order valence-electron chi connectivity index (χ0n) is 27.2. The molecule has 1 aliphatic carbocycles. The topological polar surface area (TPSA) is 71.9 Å². The molecule has 2 aromatic carbocycles. The number of likely N-dealkylation sites (tertiary alicyclic amines) is 1. The lowest BCUT2D eigenvalue weighted by molar-refractivity contribution is -0.142. The molecule has 1 N–H and O–H groups in total. The van der Waals surface area contributed by atoms with Gasteiger partial charge in [0.15, 0.2) is 0 Å². The van der Waals surface area contributed by atoms with Crippen molar-refractivity contribution in [1.29, 1.82) is 0 Å². The number of piperidine rings is 1. The zero-order chi connectivity index (χ0) is 31.2. The Morgan fingerprint density at radius 3 is 2.48 bits per heavy atom. The van der Waals surface area contributed by atoms with E-state index in [0.29, 0.717) is 11.8 Å². The first-order valence-corrected chi connectivity index (χ1v) is 16.4. The number of carbonyl (C=O) groups is 1. The van der Waals surface area contributed by atoms with Gasteiger partial charge in [-0.15, -0.1) is 0 Å². The van der Waals surface area contributed by atoms with Crippen molar-refractivity contribution in [3.8, 4) is 22.8 Å². The number of fused-ring (bicyclic) bond motifs is 1. The molecule has 6 rings (SSSR count). The summed E-state index contributed by atoms with van der Waals surface area (Å²) in [6.45, 7) is 12.2. The van der Waals surface area contributed by atoms with E-state index >= 15 is 0 Å². The minimum absolute atomic E-state index is 0.0290. The summed E-state index contributed by atoms with van der Waals surface area (Å²) < 4.78 is 12.3. The minimum Gasteiger partial charge on any atom is -0.485 e. The second kappa shape index (κ2) is 11.8. The Morgan fingerprint density at radius 2 is 1.80 bits per heavy atom. The Morgan fingerprint density at radius 1 is 1.05 bits per heavy atom. The molecule has 2 aliphatic heterocycles. The van der Waals surface area contributed by atoms with Crippen molar-refractivity contribution in [2.24, 2.45) is 11.8 Å². The van der Waals surface area contributed by atoms with Gasteiger partial charge in [0.25, 0.3) is 0 Å². The Hall–Kier alpha value is -3.38. The maximum Gasteiger partial charge on any atom is 0.306 e. The first-order valence-electron chi connectivity index (χ1n) is 16.4. The molecule has 1 aromatic heterocycles. The molecule has 3 aliphatic rings. The van der Waals surface area contributed by atoms with E-state index in [2.05, 4.69) is 80.0 Å². The number of hydrogen-bond donors (Lipinski definition) is 1. The SMILES string of the molecule is COc1cc(-c2ccc([C@@H]3CCc4ccc([C@H](C5CC5)[C@H](C)C(=O)O)cc4O3)cc2CN2C(C)(C)CCCC2(C)C)ccn1. The molecule has 6 heteroatoms. The molecule has 0 radical (unpaired) electrons. The highest BCUT2D eigenvalue weighted by atomic mass is 16.5. The van der Waals surface area contributed by atoms with Gasteiger partial charge in [0.1, 0.15) is 11.9 Å². The highest BCUT2D eigenvalue weighted by Crippen LogP contribution is 2.48. The van der Waals surface area contributed by atoms with Crippen molar-refractivity contribution in [2.75, 3.05) is 7.11 Å². The molecule has 1 saturated heterocycles. The summed E-state index contributed by atoms with van der Waals surface area (Å²) in [7, 11) is 1.66. The van der Waals surface area contributed by atoms with E-state index in [0.717, 1.165) is 49.1 Å². The number of methoxy groups -OCH3 is 1. The summed E-state index contributed by atoms with van der Waals surface area (Å²) in [6.07, 6.45) is 9.42. The first kappa shape index (κ1) is 30.6. The van der Waals surface area contributed by atoms with Crippen molar-refractivity contribution < 1.29 is 19.4 Å². The molecular weight excluding hydrogens is 548 g/mol. The van der Waals surface area contributed by atoms with Gasteiger partial charge in [0.2, 0.25) is 5.88 Å². The number of aliphatic carboxylic acids is 1. The minimum atomic E-state index is -0.724. The highest BCUT2D eigenvalue weighted by Gasteiger charge is 2.42. The van der Waals surface area contributed by atoms with Crippen molar-refractivity contribution in [3.05, 3.63) is 77.0 Å². The third-order valence-corrected chi connectivity index (χ3v) is 10.6. The quantitative estimate of drug-likeness (QED) is 0.267. The second-order valence-corrected chi connectivity index (χ2v) is 14.6. The van der Waals surface area contributed by atoms with E-state index in [-0.39, 0.29) is 23.1 Å². The number of aromatic nitrogens is 1. The van der Waals surface area contributed by atoms with Crippen LogP contribution in [-0.4, -0.2) is 39.1 Å². The van der Waals surface area contributed by atoms with Crippen molar-refractivity contribution in [3.63, 3.8) is 0 Å². The van der Waals surface area contributed by atoms with E-state index < -0.39 is 11.9 Å². The van der Waals surface area contributed by atoms with Gasteiger partial charge in [-0.25, -0.2) is 4.98 Å². The standard InChI is InChI=1S/C38H48N2O4/c1-24(36(41)42)35(26-9-10-26)29-11-8-25-13-15-32(44-33(25)21-29)28-12-14-31(27-16-19-39-34(22-27)43-6)30(20-28)23-40-37(2,3)17-7-18-38(40,4)5/h8,11-12,14,16,19-22,24,26,32,35H,7,9-10,13,15,17-18,23H2,1-6H3,(H,41,42)/t24-,32-,35-/m0/s1. The van der Waals surface area contributed by atoms with E-state index in [1.54, 1.807) is 7.11 Å². The Balaban J connectivity index is 1.35. The van der Waals surface area contributed by atoms with Gasteiger partial charge in [-0.05, 0) is 130 Å². The molecule has 234 valence electrons. The van der Waals surface area contributed by atoms with Crippen LogP contribution >= 0.6 is 0 Å². The molecule has 0 spiro atoms. The predicted molar refractivity (Wildman–Crippen MR) is 174 cm³/mol. The lowest BCUT2D eigenvalue weighted by Crippen LogP contribution is -2.57. The third kappa shape index (κ3) is 6.10. The second-order valence-electron chi connectivity index (χ2n) is 14.6. The van der Waals surface area contributed by atoms with Crippen LogP contribution in [0.25, 0.3) is 11.1 Å². The van der Waals surface area contributed by atoms with Crippen LogP contribution in [0.4, 0.5) is 0 Å². The fraction of sp³-hybridized carbons (Fsp3) is 0.526. The molecule has 2 fully saturated rings. The predicted octanol–water partition coefficient (Wildman–Crippen LogP) is 8.58. The zero-order valence-corrected chi connectivity index (χ0v) is 27.2. The average Bonchev–Trinajstić information content (AvgIpc) is 3.83. The Labute approximate surface area is 262 Å². The van der Waals surface area contributed by atoms with Crippen LogP contribution in [0, 0.1) is 11.8 Å². The normalized spacial score (nSPS) is 22.4. The average molecular weight is 597 g/mol. The largest absolute Gasteiger partial charge is 0.485 e. The van der Waals surface area contributed by atoms with Crippen LogP contribution in [-0.2, 0) is 17.8 Å². The number of benzene rings is 2. The van der Waals surface area contributed by atoms with Crippen LogP contribution in [0.15, 0.2) is 54.7 Å². The Kier molecular flexibility index (Phi) is 8.25. The third-order valence-electron chi connectivity index (χ3n) is 10.6. The maximum atomic E-state index is 11.9. The van der Waals surface area contributed by atoms with Crippen LogP contribution in [0.5, 0.6) is 11.6 Å². The van der Waals surface area contributed by atoms with Crippen molar-refractivity contribution >= 4 is 5.97 Å². The van der Waals surface area contributed by atoms with Crippen LogP contribution in [0.3, 0.4) is 0 Å². The summed E-state index contributed by atoms with van der Waals surface area (Å²) in [5.41, 5.74) is 7.25. The molecule has 44 heavy (non-hydrogen) atoms. The molecule has 6 nitrogen and oxygen atoms in total. The van der Waals surface area contributed by atoms with Gasteiger partial charge < -0.3 is 14.6 Å². The molecular formula is C38H48N2O4. The van der Waals surface area contributed by atoms with Gasteiger partial charge in [0.05, 0.1) is 13.0 Å². The van der Waals surface area contributed by atoms with E-state index in [1.807, 2.05) is 19.2 Å². The number of carboxylic acids is 1. The fourth-order valence-electron chi connectivity index (χ4n) is 7.96. The highest BCUT2D eigenvalue weighted by molar-refractivity contribution is 5.71. The molecule has 0 unspecified atom stereocenters. The van der Waals surface area contributed by atoms with E-state index in [1.165, 1.54) is 41.5 Å². The summed E-state index contributed by atoms with van der Waals surface area (Å²) in [5.74, 6) is 0.860. The lowest BCUT2D eigenvalue weighted by Gasteiger charge is -2.53. The van der Waals surface area contributed by atoms with Crippen LogP contribution < -0.4 is 9.47 Å². The number of nitrogens with zero attached hydrogens (tertiary/aromatic N) is 2. The number of ether oxygens (including phenoxy) is 2. The lowest BCUT2D eigenvalue weighted by atomic mass is 9.79. The van der Waals surface area contributed by atoms with Crippen LogP contribution in [0.2, 0.25) is 0 Å². The number of carboxylic acid groups (broad SMARTS) is 1. The summed E-state index contributed by atoms with van der Waals surface area (Å²) in [4.78, 5) is 19.0. The molecule has 0 amide bonds. The van der Waals surface area contributed by atoms with Gasteiger partial charge in [0, 0.05) is 29.9 Å². The number of rotatable bonds is 9. The number of pyridine rings is 1. The van der Waals surface area contributed by atoms with Crippen LogP contribution in [0.1, 0.15) is 107 Å². The fourth-order valence-corrected chi connectivity index (χ4v) is 7.96. The molecule has 3 heterocycles. The smallest absolute Gasteiger partial charge is 0.306 e. The Bertz CT molecular complexity index is 1510. The first-order chi connectivity index (χ1) is 21.0. The van der Waals surface area contributed by atoms with Crippen molar-refractivity contribution in [2.45, 2.75) is 109 Å². The molecule has 3 atom stereocenters. The van der Waals surface area contributed by atoms with E-state index in [9.17, 15) is 9.90 Å². The summed E-state index contributed by atoms with van der Waals surface area (Å²) >= 11 is 0. The molecule has 0 bridgehead atoms. The monoisotopic (exact) mass is 596 g/mol. The van der Waals surface area contributed by atoms with E-state index in [4.69, 9.17) is 9.47 Å². The number of hydrogen-bond acceptors (Lipinski definition) is 5. The van der Waals surface area contributed by atoms with Crippen molar-refractivity contribution in [1.82, 2.24) is 9.88 Å². The van der Waals surface area contributed by atoms with Gasteiger partial charge in [-0.3, -0.25) is 9.69 Å². The summed E-state index contributed by atoms with van der Waals surface area (Å²) in [5, 5.41) is 9.82. The van der Waals surface area contributed by atoms with Gasteiger partial charge in [-0.1, -0.05) is 37.3 Å². The number of aryl methyl sites for hydroxylation is 1. The molecule has 3 aromatic rings. The summed E-state index contributed by atoms with van der Waals surface area (Å²) in [6, 6.07) is 17.4. The maximum absolute atomic E-state index is 11.9. The van der Waals surface area contributed by atoms with Gasteiger partial charge >= 0.3 is 5.97 Å². The molecule has 1 saturated carbocycles.